The van der Waals surface area contributed by atoms with Crippen LogP contribution in [0.2, 0.25) is 10.0 Å². The van der Waals surface area contributed by atoms with Crippen molar-refractivity contribution in [2.45, 2.75) is 30.7 Å². The van der Waals surface area contributed by atoms with Crippen LogP contribution in [0.15, 0.2) is 53.7 Å². The van der Waals surface area contributed by atoms with Gasteiger partial charge in [-0.2, -0.15) is 0 Å². The van der Waals surface area contributed by atoms with E-state index in [1.165, 1.54) is 0 Å². The smallest absolute Gasteiger partial charge is 0.196 e. The van der Waals surface area contributed by atoms with Crippen LogP contribution in [-0.2, 0) is 5.75 Å². The number of nitrogens with zero attached hydrogens (tertiary/aromatic N) is 3. The molecule has 0 aliphatic heterocycles. The summed E-state index contributed by atoms with van der Waals surface area (Å²) >= 11 is 13.7. The van der Waals surface area contributed by atoms with Crippen LogP contribution in [0.4, 0.5) is 0 Å². The summed E-state index contributed by atoms with van der Waals surface area (Å²) in [5, 5.41) is 10.8. The fourth-order valence-electron chi connectivity index (χ4n) is 2.35. The first-order chi connectivity index (χ1) is 11.6. The Morgan fingerprint density at radius 3 is 2.42 bits per heavy atom. The zero-order valence-electron chi connectivity index (χ0n) is 13.4. The maximum absolute atomic E-state index is 6.09. The third kappa shape index (κ3) is 3.77. The molecule has 0 N–H and O–H groups in total. The summed E-state index contributed by atoms with van der Waals surface area (Å²) in [6.07, 6.45) is 0. The molecule has 1 heterocycles. The van der Waals surface area contributed by atoms with Crippen LogP contribution in [0.25, 0.3) is 5.69 Å². The number of benzene rings is 2. The van der Waals surface area contributed by atoms with Crippen LogP contribution in [0.1, 0.15) is 31.2 Å². The van der Waals surface area contributed by atoms with Gasteiger partial charge in [-0.25, -0.2) is 0 Å². The highest BCUT2D eigenvalue weighted by Crippen LogP contribution is 2.30. The number of rotatable bonds is 5. The molecule has 0 atom stereocenters. The summed E-state index contributed by atoms with van der Waals surface area (Å²) in [5.74, 6) is 2.00. The van der Waals surface area contributed by atoms with Crippen LogP contribution in [0.3, 0.4) is 0 Å². The van der Waals surface area contributed by atoms with Crippen molar-refractivity contribution in [3.63, 3.8) is 0 Å². The van der Waals surface area contributed by atoms with E-state index in [-0.39, 0.29) is 5.92 Å². The minimum absolute atomic E-state index is 0.289. The predicted octanol–water partition coefficient (Wildman–Crippen LogP) is 5.99. The second-order valence-corrected chi connectivity index (χ2v) is 7.46. The van der Waals surface area contributed by atoms with Gasteiger partial charge in [-0.3, -0.25) is 4.57 Å². The Labute approximate surface area is 156 Å². The number of para-hydroxylation sites is 1. The molecule has 0 fully saturated rings. The molecule has 0 amide bonds. The molecule has 2 aromatic carbocycles. The molecule has 3 nitrogen and oxygen atoms in total. The Kier molecular flexibility index (Phi) is 5.49. The maximum atomic E-state index is 6.09. The minimum atomic E-state index is 0.289. The topological polar surface area (TPSA) is 30.7 Å². The van der Waals surface area contributed by atoms with Gasteiger partial charge in [0.25, 0.3) is 0 Å². The standard InChI is InChI=1S/C18H17Cl2N3S/c1-12(2)17-21-22-18(23(17)14-6-4-3-5-7-14)24-11-13-8-9-15(19)16(20)10-13/h3-10,12H,11H2,1-2H3. The number of aromatic nitrogens is 3. The van der Waals surface area contributed by atoms with Crippen LogP contribution in [0.5, 0.6) is 0 Å². The van der Waals surface area contributed by atoms with Gasteiger partial charge >= 0.3 is 0 Å². The van der Waals surface area contributed by atoms with Gasteiger partial charge < -0.3 is 0 Å². The lowest BCUT2D eigenvalue weighted by Gasteiger charge is -2.12. The summed E-state index contributed by atoms with van der Waals surface area (Å²) in [7, 11) is 0. The average Bonchev–Trinajstić information content (AvgIpc) is 3.01. The molecular formula is C18H17Cl2N3S. The molecule has 0 spiro atoms. The van der Waals surface area contributed by atoms with Crippen LogP contribution >= 0.6 is 35.0 Å². The Bertz CT molecular complexity index is 832. The van der Waals surface area contributed by atoms with Gasteiger partial charge in [0, 0.05) is 17.4 Å². The van der Waals surface area contributed by atoms with Crippen molar-refractivity contribution in [3.05, 3.63) is 70.0 Å². The normalized spacial score (nSPS) is 11.2. The zero-order valence-corrected chi connectivity index (χ0v) is 15.7. The lowest BCUT2D eigenvalue weighted by molar-refractivity contribution is 0.732. The van der Waals surface area contributed by atoms with Crippen molar-refractivity contribution >= 4 is 35.0 Å². The summed E-state index contributed by atoms with van der Waals surface area (Å²) in [4.78, 5) is 0. The Hall–Kier alpha value is -1.49. The van der Waals surface area contributed by atoms with Gasteiger partial charge in [0.1, 0.15) is 5.82 Å². The average molecular weight is 378 g/mol. The van der Waals surface area contributed by atoms with E-state index in [1.54, 1.807) is 11.8 Å². The van der Waals surface area contributed by atoms with E-state index in [2.05, 4.69) is 40.7 Å². The first-order valence-corrected chi connectivity index (χ1v) is 9.38. The summed E-state index contributed by atoms with van der Waals surface area (Å²) < 4.78 is 2.12. The molecule has 0 bridgehead atoms. The molecule has 0 radical (unpaired) electrons. The molecule has 1 aromatic heterocycles. The number of thioether (sulfide) groups is 1. The molecule has 0 aliphatic carbocycles. The molecule has 0 aliphatic rings. The van der Waals surface area contributed by atoms with E-state index >= 15 is 0 Å². The predicted molar refractivity (Wildman–Crippen MR) is 101 cm³/mol. The highest BCUT2D eigenvalue weighted by molar-refractivity contribution is 7.98. The Balaban J connectivity index is 1.89. The van der Waals surface area contributed by atoms with E-state index < -0.39 is 0 Å². The fourth-order valence-corrected chi connectivity index (χ4v) is 3.57. The largest absolute Gasteiger partial charge is 0.274 e. The van der Waals surface area contributed by atoms with E-state index in [4.69, 9.17) is 23.2 Å². The molecular weight excluding hydrogens is 361 g/mol. The van der Waals surface area contributed by atoms with Crippen molar-refractivity contribution in [2.24, 2.45) is 0 Å². The Morgan fingerprint density at radius 1 is 1.00 bits per heavy atom. The second-order valence-electron chi connectivity index (χ2n) is 5.70. The van der Waals surface area contributed by atoms with Crippen molar-refractivity contribution < 1.29 is 0 Å². The lowest BCUT2D eigenvalue weighted by atomic mass is 10.2. The molecule has 3 aromatic rings. The third-order valence-electron chi connectivity index (χ3n) is 3.54. The van der Waals surface area contributed by atoms with Crippen molar-refractivity contribution in [1.29, 1.82) is 0 Å². The van der Waals surface area contributed by atoms with E-state index in [1.807, 2.05) is 36.4 Å². The minimum Gasteiger partial charge on any atom is -0.274 e. The second kappa shape index (κ2) is 7.60. The van der Waals surface area contributed by atoms with Gasteiger partial charge in [0.2, 0.25) is 0 Å². The molecule has 0 unspecified atom stereocenters. The Morgan fingerprint density at radius 2 is 1.75 bits per heavy atom. The molecule has 6 heteroatoms. The SMILES string of the molecule is CC(C)c1nnc(SCc2ccc(Cl)c(Cl)c2)n1-c1ccccc1. The molecule has 0 saturated carbocycles. The highest BCUT2D eigenvalue weighted by atomic mass is 35.5. The molecule has 0 saturated heterocycles. The van der Waals surface area contributed by atoms with Crippen LogP contribution < -0.4 is 0 Å². The number of hydrogen-bond donors (Lipinski definition) is 0. The highest BCUT2D eigenvalue weighted by Gasteiger charge is 2.17. The maximum Gasteiger partial charge on any atom is 0.196 e. The van der Waals surface area contributed by atoms with Crippen LogP contribution in [0, 0.1) is 0 Å². The van der Waals surface area contributed by atoms with Gasteiger partial charge in [-0.15, -0.1) is 10.2 Å². The zero-order chi connectivity index (χ0) is 17.1. The van der Waals surface area contributed by atoms with Gasteiger partial charge in [0.05, 0.1) is 10.0 Å². The van der Waals surface area contributed by atoms with Gasteiger partial charge in [-0.1, -0.05) is 73.1 Å². The first kappa shape index (κ1) is 17.3. The molecule has 24 heavy (non-hydrogen) atoms. The van der Waals surface area contributed by atoms with E-state index in [0.717, 1.165) is 28.0 Å². The summed E-state index contributed by atoms with van der Waals surface area (Å²) in [6, 6.07) is 15.9. The molecule has 3 rings (SSSR count). The number of halogens is 2. The fraction of sp³-hybridized carbons (Fsp3) is 0.222. The van der Waals surface area contributed by atoms with E-state index in [9.17, 15) is 0 Å². The molecule has 124 valence electrons. The van der Waals surface area contributed by atoms with Gasteiger partial charge in [-0.05, 0) is 29.8 Å². The number of hydrogen-bond acceptors (Lipinski definition) is 3. The van der Waals surface area contributed by atoms with Gasteiger partial charge in [0.15, 0.2) is 5.16 Å². The van der Waals surface area contributed by atoms with Crippen LogP contribution in [-0.4, -0.2) is 14.8 Å². The van der Waals surface area contributed by atoms with Crippen molar-refractivity contribution in [2.75, 3.05) is 0 Å². The monoisotopic (exact) mass is 377 g/mol. The van der Waals surface area contributed by atoms with Crippen molar-refractivity contribution in [1.82, 2.24) is 14.8 Å². The first-order valence-electron chi connectivity index (χ1n) is 7.63. The summed E-state index contributed by atoms with van der Waals surface area (Å²) in [6.45, 7) is 4.24. The lowest BCUT2D eigenvalue weighted by Crippen LogP contribution is -2.04. The van der Waals surface area contributed by atoms with Crippen molar-refractivity contribution in [3.8, 4) is 5.69 Å². The van der Waals surface area contributed by atoms with E-state index in [0.29, 0.717) is 10.0 Å². The summed E-state index contributed by atoms with van der Waals surface area (Å²) in [5.41, 5.74) is 2.17. The third-order valence-corrected chi connectivity index (χ3v) is 5.28. The quantitative estimate of drug-likeness (QED) is 0.511.